The SMILES string of the molecule is CN=C(NCC1CN(C)CCN1C)N1CCC(CSc2ccccc2)C1. The van der Waals surface area contributed by atoms with Crippen LogP contribution in [0.5, 0.6) is 0 Å². The number of likely N-dealkylation sites (N-methyl/N-ethyl adjacent to an activating group) is 2. The molecule has 2 heterocycles. The van der Waals surface area contributed by atoms with Gasteiger partial charge in [-0.2, -0.15) is 0 Å². The molecule has 2 aliphatic heterocycles. The van der Waals surface area contributed by atoms with Crippen LogP contribution in [-0.2, 0) is 0 Å². The lowest BCUT2D eigenvalue weighted by atomic mass is 10.2. The summed E-state index contributed by atoms with van der Waals surface area (Å²) in [5.74, 6) is 2.99. The highest BCUT2D eigenvalue weighted by Gasteiger charge is 2.27. The normalized spacial score (nSPS) is 25.7. The van der Waals surface area contributed by atoms with Crippen LogP contribution < -0.4 is 5.32 Å². The number of nitrogens with one attached hydrogen (secondary N) is 1. The van der Waals surface area contributed by atoms with Crippen LogP contribution in [0.15, 0.2) is 40.2 Å². The third-order valence-corrected chi connectivity index (χ3v) is 6.75. The lowest BCUT2D eigenvalue weighted by molar-refractivity contribution is 0.116. The second-order valence-electron chi connectivity index (χ2n) is 7.55. The highest BCUT2D eigenvalue weighted by molar-refractivity contribution is 7.99. The van der Waals surface area contributed by atoms with E-state index in [9.17, 15) is 0 Å². The lowest BCUT2D eigenvalue weighted by Gasteiger charge is -2.38. The molecule has 1 N–H and O–H groups in total. The van der Waals surface area contributed by atoms with Gasteiger partial charge in [0.05, 0.1) is 0 Å². The number of thioether (sulfide) groups is 1. The standard InChI is InChI=1S/C20H33N5S/c1-21-20(22-13-18-15-23(2)11-12-24(18)3)25-10-9-17(14-25)16-26-19-7-5-4-6-8-19/h4-8,17-18H,9-16H2,1-3H3,(H,21,22). The van der Waals surface area contributed by atoms with E-state index in [1.165, 1.54) is 17.1 Å². The molecule has 3 rings (SSSR count). The molecule has 0 aliphatic carbocycles. The summed E-state index contributed by atoms with van der Waals surface area (Å²) in [7, 11) is 6.35. The quantitative estimate of drug-likeness (QED) is 0.483. The van der Waals surface area contributed by atoms with Crippen molar-refractivity contribution >= 4 is 17.7 Å². The Morgan fingerprint density at radius 1 is 1.15 bits per heavy atom. The van der Waals surface area contributed by atoms with E-state index in [0.29, 0.717) is 6.04 Å². The average Bonchev–Trinajstić information content (AvgIpc) is 3.13. The molecule has 2 unspecified atom stereocenters. The molecule has 0 aromatic heterocycles. The fourth-order valence-corrected chi connectivity index (χ4v) is 4.80. The van der Waals surface area contributed by atoms with E-state index in [-0.39, 0.29) is 0 Å². The molecule has 5 nitrogen and oxygen atoms in total. The van der Waals surface area contributed by atoms with Crippen LogP contribution in [0.3, 0.4) is 0 Å². The van der Waals surface area contributed by atoms with Crippen LogP contribution in [0.25, 0.3) is 0 Å². The van der Waals surface area contributed by atoms with Crippen molar-refractivity contribution in [1.29, 1.82) is 0 Å². The monoisotopic (exact) mass is 375 g/mol. The number of benzene rings is 1. The molecule has 2 atom stereocenters. The zero-order chi connectivity index (χ0) is 18.4. The zero-order valence-electron chi connectivity index (χ0n) is 16.4. The summed E-state index contributed by atoms with van der Waals surface area (Å²) >= 11 is 1.98. The minimum atomic E-state index is 0.553. The first-order valence-electron chi connectivity index (χ1n) is 9.68. The van der Waals surface area contributed by atoms with Gasteiger partial charge in [0.15, 0.2) is 5.96 Å². The van der Waals surface area contributed by atoms with Crippen molar-refractivity contribution in [3.63, 3.8) is 0 Å². The Bertz CT molecular complexity index is 579. The summed E-state index contributed by atoms with van der Waals surface area (Å²) in [4.78, 5) is 13.2. The molecule has 0 bridgehead atoms. The molecule has 2 fully saturated rings. The Hall–Kier alpha value is -1.24. The van der Waals surface area contributed by atoms with E-state index in [1.54, 1.807) is 0 Å². The Kier molecular flexibility index (Phi) is 7.23. The minimum absolute atomic E-state index is 0.553. The first-order chi connectivity index (χ1) is 12.7. The highest BCUT2D eigenvalue weighted by Crippen LogP contribution is 2.25. The van der Waals surface area contributed by atoms with Gasteiger partial charge in [0.1, 0.15) is 0 Å². The van der Waals surface area contributed by atoms with Crippen molar-refractivity contribution in [2.45, 2.75) is 17.4 Å². The van der Waals surface area contributed by atoms with Gasteiger partial charge in [-0.1, -0.05) is 18.2 Å². The van der Waals surface area contributed by atoms with Crippen LogP contribution >= 0.6 is 11.8 Å². The maximum atomic E-state index is 4.54. The summed E-state index contributed by atoms with van der Waals surface area (Å²) in [6.07, 6.45) is 1.26. The molecule has 2 aliphatic rings. The van der Waals surface area contributed by atoms with E-state index >= 15 is 0 Å². The lowest BCUT2D eigenvalue weighted by Crippen LogP contribution is -2.55. The largest absolute Gasteiger partial charge is 0.355 e. The van der Waals surface area contributed by atoms with Crippen LogP contribution in [0.4, 0.5) is 0 Å². The fraction of sp³-hybridized carbons (Fsp3) is 0.650. The maximum Gasteiger partial charge on any atom is 0.193 e. The Balaban J connectivity index is 1.44. The number of likely N-dealkylation sites (tertiary alicyclic amines) is 1. The summed E-state index contributed by atoms with van der Waals surface area (Å²) in [5.41, 5.74) is 0. The smallest absolute Gasteiger partial charge is 0.193 e. The van der Waals surface area contributed by atoms with E-state index < -0.39 is 0 Å². The molecule has 1 aromatic carbocycles. The predicted octanol–water partition coefficient (Wildman–Crippen LogP) is 1.92. The van der Waals surface area contributed by atoms with Crippen LogP contribution in [0.1, 0.15) is 6.42 Å². The highest BCUT2D eigenvalue weighted by atomic mass is 32.2. The van der Waals surface area contributed by atoms with Gasteiger partial charge < -0.3 is 15.1 Å². The van der Waals surface area contributed by atoms with Crippen molar-refractivity contribution in [3.05, 3.63) is 30.3 Å². The van der Waals surface area contributed by atoms with Crippen molar-refractivity contribution < 1.29 is 0 Å². The first-order valence-corrected chi connectivity index (χ1v) is 10.7. The molecule has 2 saturated heterocycles. The van der Waals surface area contributed by atoms with Gasteiger partial charge in [0.2, 0.25) is 0 Å². The van der Waals surface area contributed by atoms with E-state index in [4.69, 9.17) is 0 Å². The number of hydrogen-bond acceptors (Lipinski definition) is 4. The van der Waals surface area contributed by atoms with Gasteiger partial charge in [-0.15, -0.1) is 11.8 Å². The van der Waals surface area contributed by atoms with Gasteiger partial charge >= 0.3 is 0 Å². The van der Waals surface area contributed by atoms with Crippen molar-refractivity contribution in [2.24, 2.45) is 10.9 Å². The molecular weight excluding hydrogens is 342 g/mol. The molecule has 0 saturated carbocycles. The van der Waals surface area contributed by atoms with Crippen LogP contribution in [0, 0.1) is 5.92 Å². The van der Waals surface area contributed by atoms with Gasteiger partial charge in [0, 0.05) is 63.0 Å². The average molecular weight is 376 g/mol. The van der Waals surface area contributed by atoms with Crippen molar-refractivity contribution in [1.82, 2.24) is 20.0 Å². The maximum absolute atomic E-state index is 4.54. The summed E-state index contributed by atoms with van der Waals surface area (Å²) in [6.45, 7) is 6.61. The van der Waals surface area contributed by atoms with Crippen molar-refractivity contribution in [3.8, 4) is 0 Å². The zero-order valence-corrected chi connectivity index (χ0v) is 17.2. The molecule has 6 heteroatoms. The number of guanidine groups is 1. The van der Waals surface area contributed by atoms with Crippen LogP contribution in [-0.4, -0.2) is 92.9 Å². The number of nitrogens with zero attached hydrogens (tertiary/aromatic N) is 4. The number of rotatable bonds is 5. The van der Waals surface area contributed by atoms with Gasteiger partial charge in [-0.05, 0) is 38.6 Å². The van der Waals surface area contributed by atoms with Gasteiger partial charge in [0.25, 0.3) is 0 Å². The molecular formula is C20H33N5S. The molecule has 1 aromatic rings. The Labute approximate surface area is 162 Å². The molecule has 144 valence electrons. The predicted molar refractivity (Wildman–Crippen MR) is 112 cm³/mol. The topological polar surface area (TPSA) is 34.1 Å². The third-order valence-electron chi connectivity index (χ3n) is 5.50. The number of hydrogen-bond donors (Lipinski definition) is 1. The summed E-state index contributed by atoms with van der Waals surface area (Å²) in [5, 5.41) is 3.63. The third kappa shape index (κ3) is 5.38. The fourth-order valence-electron chi connectivity index (χ4n) is 3.76. The second kappa shape index (κ2) is 9.62. The Morgan fingerprint density at radius 3 is 2.73 bits per heavy atom. The van der Waals surface area contributed by atoms with E-state index in [2.05, 4.69) is 69.4 Å². The molecule has 0 spiro atoms. The summed E-state index contributed by atoms with van der Waals surface area (Å²) in [6, 6.07) is 11.3. The second-order valence-corrected chi connectivity index (χ2v) is 8.64. The molecule has 0 radical (unpaired) electrons. The molecule has 26 heavy (non-hydrogen) atoms. The van der Waals surface area contributed by atoms with E-state index in [0.717, 1.165) is 51.1 Å². The van der Waals surface area contributed by atoms with Gasteiger partial charge in [-0.3, -0.25) is 9.89 Å². The van der Waals surface area contributed by atoms with Crippen LogP contribution in [0.2, 0.25) is 0 Å². The molecule has 0 amide bonds. The number of piperazine rings is 1. The van der Waals surface area contributed by atoms with Crippen molar-refractivity contribution in [2.75, 3.05) is 66.2 Å². The number of aliphatic imine (C=N–C) groups is 1. The minimum Gasteiger partial charge on any atom is -0.355 e. The van der Waals surface area contributed by atoms with Gasteiger partial charge in [-0.25, -0.2) is 0 Å². The first kappa shape index (κ1) is 19.5. The Morgan fingerprint density at radius 2 is 1.96 bits per heavy atom. The summed E-state index contributed by atoms with van der Waals surface area (Å²) < 4.78 is 0. The van der Waals surface area contributed by atoms with E-state index in [1.807, 2.05) is 18.8 Å².